The van der Waals surface area contributed by atoms with Crippen molar-refractivity contribution in [1.82, 2.24) is 10.3 Å². The van der Waals surface area contributed by atoms with Gasteiger partial charge < -0.3 is 15.8 Å². The van der Waals surface area contributed by atoms with Gasteiger partial charge in [0, 0.05) is 17.4 Å². The number of nitrogens with one attached hydrogen (secondary N) is 1. The van der Waals surface area contributed by atoms with Crippen LogP contribution in [0.25, 0.3) is 10.9 Å². The van der Waals surface area contributed by atoms with Crippen molar-refractivity contribution >= 4 is 34.3 Å². The molecule has 1 unspecified atom stereocenters. The van der Waals surface area contributed by atoms with Crippen LogP contribution in [0.3, 0.4) is 0 Å². The first-order valence-electron chi connectivity index (χ1n) is 11.7. The third-order valence-electron chi connectivity index (χ3n) is 6.79. The van der Waals surface area contributed by atoms with Gasteiger partial charge in [-0.2, -0.15) is 18.4 Å². The fraction of sp³-hybridized carbons (Fsp3) is 0.214. The van der Waals surface area contributed by atoms with Crippen molar-refractivity contribution in [3.05, 3.63) is 92.0 Å². The highest BCUT2D eigenvalue weighted by molar-refractivity contribution is 6.31. The number of benzene rings is 2. The van der Waals surface area contributed by atoms with Crippen LogP contribution in [0, 0.1) is 23.1 Å². The smallest absolute Gasteiger partial charge is 0.418 e. The molecule has 3 N–H and O–H groups in total. The number of alkyl halides is 3. The lowest BCUT2D eigenvalue weighted by atomic mass is 9.89. The number of nitrogens with two attached hydrogens (primary N) is 1. The van der Waals surface area contributed by atoms with Crippen molar-refractivity contribution in [2.75, 3.05) is 7.11 Å². The van der Waals surface area contributed by atoms with E-state index < -0.39 is 41.0 Å². The lowest BCUT2D eigenvalue weighted by Crippen LogP contribution is -2.29. The van der Waals surface area contributed by atoms with Crippen LogP contribution in [-0.4, -0.2) is 30.1 Å². The average molecular weight is 573 g/mol. The van der Waals surface area contributed by atoms with Gasteiger partial charge in [0.2, 0.25) is 0 Å². The number of amides is 2. The molecule has 12 heteroatoms. The number of hydrogen-bond acceptors (Lipinski definition) is 5. The van der Waals surface area contributed by atoms with E-state index in [1.54, 1.807) is 6.07 Å². The molecule has 1 heterocycles. The van der Waals surface area contributed by atoms with E-state index in [2.05, 4.69) is 10.3 Å². The van der Waals surface area contributed by atoms with Gasteiger partial charge in [0.1, 0.15) is 17.3 Å². The number of primary amides is 1. The van der Waals surface area contributed by atoms with E-state index in [9.17, 15) is 27.2 Å². The van der Waals surface area contributed by atoms with Crippen LogP contribution in [0.4, 0.5) is 17.6 Å². The van der Waals surface area contributed by atoms with Crippen LogP contribution in [0.15, 0.2) is 58.8 Å². The molecule has 2 aromatic carbocycles. The fourth-order valence-electron chi connectivity index (χ4n) is 4.82. The summed E-state index contributed by atoms with van der Waals surface area (Å²) in [6, 6.07) is 9.64. The van der Waals surface area contributed by atoms with Crippen LogP contribution in [0.2, 0.25) is 5.02 Å². The molecule has 206 valence electrons. The minimum atomic E-state index is -4.82. The summed E-state index contributed by atoms with van der Waals surface area (Å²) in [4.78, 5) is 29.2. The topological polar surface area (TPSA) is 118 Å². The van der Waals surface area contributed by atoms with Crippen LogP contribution >= 0.6 is 11.6 Å². The monoisotopic (exact) mass is 572 g/mol. The van der Waals surface area contributed by atoms with Gasteiger partial charge in [-0.05, 0) is 55.7 Å². The molecule has 1 aromatic heterocycles. The number of aromatic nitrogens is 1. The minimum Gasteiger partial charge on any atom is -0.496 e. The summed E-state index contributed by atoms with van der Waals surface area (Å²) in [5, 5.41) is 11.2. The normalized spacial score (nSPS) is 15.4. The van der Waals surface area contributed by atoms with E-state index in [1.807, 2.05) is 6.07 Å². The summed E-state index contributed by atoms with van der Waals surface area (Å²) in [5.74, 6) is -3.31. The molecule has 40 heavy (non-hydrogen) atoms. The molecule has 1 aliphatic rings. The fourth-order valence-corrected chi connectivity index (χ4v) is 4.98. The Hall–Kier alpha value is -4.43. The average Bonchev–Trinajstić information content (AvgIpc) is 3.13. The number of ether oxygens (including phenoxy) is 1. The molecule has 0 bridgehead atoms. The number of fused-ring (bicyclic) bond motifs is 1. The molecule has 0 saturated carbocycles. The summed E-state index contributed by atoms with van der Waals surface area (Å²) >= 11 is 5.88. The van der Waals surface area contributed by atoms with E-state index in [1.165, 1.54) is 33.1 Å². The number of allylic oxidation sites excluding steroid dienone is 3. The van der Waals surface area contributed by atoms with Gasteiger partial charge in [0.05, 0.1) is 46.1 Å². The van der Waals surface area contributed by atoms with E-state index in [-0.39, 0.29) is 44.7 Å². The Balaban J connectivity index is 1.81. The lowest BCUT2D eigenvalue weighted by molar-refractivity contribution is -0.0903. The van der Waals surface area contributed by atoms with E-state index >= 15 is 0 Å². The molecule has 0 radical (unpaired) electrons. The highest BCUT2D eigenvalue weighted by atomic mass is 35.5. The lowest BCUT2D eigenvalue weighted by Gasteiger charge is -2.17. The van der Waals surface area contributed by atoms with Crippen molar-refractivity contribution in [2.45, 2.75) is 26.4 Å². The maximum atomic E-state index is 14.3. The molecular formula is C28H21ClF4N4O3. The van der Waals surface area contributed by atoms with Gasteiger partial charge in [0.15, 0.2) is 0 Å². The molecule has 3 aromatic rings. The molecule has 0 aliphatic heterocycles. The summed E-state index contributed by atoms with van der Waals surface area (Å²) in [5.41, 5.74) is 4.21. The highest BCUT2D eigenvalue weighted by Gasteiger charge is 2.45. The van der Waals surface area contributed by atoms with Crippen LogP contribution in [0.5, 0.6) is 5.75 Å². The zero-order valence-corrected chi connectivity index (χ0v) is 22.1. The van der Waals surface area contributed by atoms with Crippen molar-refractivity contribution in [3.8, 4) is 11.8 Å². The number of hydrogen-bond donors (Lipinski definition) is 2. The SMILES string of the molecule is COc1cc(C#N)ccc1CC1C(C)=C(NC(=O)c2cc(C(N)=O)nc3cc(F)c(Cl)cc23)C(C(F)(F)F)=C1C. The number of nitriles is 1. The van der Waals surface area contributed by atoms with Gasteiger partial charge in [-0.25, -0.2) is 9.37 Å². The van der Waals surface area contributed by atoms with Gasteiger partial charge in [-0.1, -0.05) is 23.2 Å². The number of nitrogens with zero attached hydrogens (tertiary/aromatic N) is 2. The van der Waals surface area contributed by atoms with Crippen LogP contribution in [-0.2, 0) is 6.42 Å². The molecule has 4 rings (SSSR count). The standard InChI is InChI=1S/C28H21ClF4N4O3/c1-12-16(7-15-5-4-14(11-34)6-23(15)40-3)13(2)25(24(12)28(31,32)33)37-27(39)18-9-22(26(35)38)36-21-10-20(30)19(29)8-17(18)21/h4-6,8-10,16H,7H2,1-3H3,(H2,35,38)(H,37,39). The molecular weight excluding hydrogens is 552 g/mol. The van der Waals surface area contributed by atoms with Gasteiger partial charge >= 0.3 is 6.18 Å². The maximum Gasteiger partial charge on any atom is 0.418 e. The largest absolute Gasteiger partial charge is 0.496 e. The van der Waals surface area contributed by atoms with Crippen LogP contribution in [0.1, 0.15) is 45.8 Å². The van der Waals surface area contributed by atoms with Gasteiger partial charge in [0.25, 0.3) is 11.8 Å². The molecule has 0 saturated heterocycles. The number of halogens is 5. The number of carbonyl (C=O) groups is 2. The second kappa shape index (κ2) is 10.6. The Morgan fingerprint density at radius 2 is 1.88 bits per heavy atom. The number of methoxy groups -OCH3 is 1. The molecule has 0 spiro atoms. The molecule has 0 fully saturated rings. The number of carbonyl (C=O) groups excluding carboxylic acids is 2. The Morgan fingerprint density at radius 3 is 2.48 bits per heavy atom. The third-order valence-corrected chi connectivity index (χ3v) is 7.08. The Morgan fingerprint density at radius 1 is 1.18 bits per heavy atom. The van der Waals surface area contributed by atoms with Crippen molar-refractivity contribution in [3.63, 3.8) is 0 Å². The highest BCUT2D eigenvalue weighted by Crippen LogP contribution is 2.46. The minimum absolute atomic E-state index is 0.0123. The second-order valence-corrected chi connectivity index (χ2v) is 9.57. The maximum absolute atomic E-state index is 14.3. The molecule has 7 nitrogen and oxygen atoms in total. The van der Waals surface area contributed by atoms with Gasteiger partial charge in [-0.3, -0.25) is 9.59 Å². The van der Waals surface area contributed by atoms with E-state index in [0.29, 0.717) is 16.9 Å². The van der Waals surface area contributed by atoms with Crippen molar-refractivity contribution < 1.29 is 31.9 Å². The summed E-state index contributed by atoms with van der Waals surface area (Å²) in [6.07, 6.45) is -4.72. The summed E-state index contributed by atoms with van der Waals surface area (Å²) < 4.78 is 62.4. The Labute approximate surface area is 230 Å². The first-order valence-corrected chi connectivity index (χ1v) is 12.1. The second-order valence-electron chi connectivity index (χ2n) is 9.17. The van der Waals surface area contributed by atoms with Crippen LogP contribution < -0.4 is 15.8 Å². The summed E-state index contributed by atoms with van der Waals surface area (Å²) in [7, 11) is 1.39. The van der Waals surface area contributed by atoms with Gasteiger partial charge in [-0.15, -0.1) is 0 Å². The number of pyridine rings is 1. The van der Waals surface area contributed by atoms with E-state index in [0.717, 1.165) is 18.2 Å². The van der Waals surface area contributed by atoms with Crippen molar-refractivity contribution in [2.24, 2.45) is 11.7 Å². The first-order chi connectivity index (χ1) is 18.8. The zero-order chi connectivity index (χ0) is 29.5. The molecule has 2 amide bonds. The first kappa shape index (κ1) is 28.6. The Kier molecular flexibility index (Phi) is 7.59. The third kappa shape index (κ3) is 5.22. The molecule has 1 atom stereocenters. The van der Waals surface area contributed by atoms with Crippen molar-refractivity contribution in [1.29, 1.82) is 5.26 Å². The predicted molar refractivity (Wildman–Crippen MR) is 139 cm³/mol. The number of rotatable bonds is 6. The molecule has 1 aliphatic carbocycles. The van der Waals surface area contributed by atoms with E-state index in [4.69, 9.17) is 27.3 Å². The Bertz CT molecular complexity index is 1690. The quantitative estimate of drug-likeness (QED) is 0.364. The zero-order valence-electron chi connectivity index (χ0n) is 21.3. The predicted octanol–water partition coefficient (Wildman–Crippen LogP) is 5.76. The summed E-state index contributed by atoms with van der Waals surface area (Å²) in [6.45, 7) is 2.81.